The maximum atomic E-state index is 11.3. The predicted molar refractivity (Wildman–Crippen MR) is 66.3 cm³/mol. The Hall–Kier alpha value is -1.56. The van der Waals surface area contributed by atoms with Crippen molar-refractivity contribution in [1.29, 1.82) is 0 Å². The van der Waals surface area contributed by atoms with Crippen molar-refractivity contribution < 1.29 is 0 Å². The fourth-order valence-corrected chi connectivity index (χ4v) is 2.02. The summed E-state index contributed by atoms with van der Waals surface area (Å²) in [5, 5.41) is 9.25. The van der Waals surface area contributed by atoms with Crippen LogP contribution in [-0.2, 0) is 13.0 Å². The molecule has 0 bridgehead atoms. The molecule has 1 aromatic heterocycles. The first kappa shape index (κ1) is 10.9. The summed E-state index contributed by atoms with van der Waals surface area (Å²) in [6.45, 7) is 5.71. The van der Waals surface area contributed by atoms with Gasteiger partial charge in [-0.3, -0.25) is 9.89 Å². The Kier molecular flexibility index (Phi) is 3.09. The molecule has 0 spiro atoms. The van der Waals surface area contributed by atoms with Gasteiger partial charge in [-0.05, 0) is 18.6 Å². The third-order valence-corrected chi connectivity index (χ3v) is 3.03. The van der Waals surface area contributed by atoms with Gasteiger partial charge in [-0.25, -0.2) is 0 Å². The first-order chi connectivity index (χ1) is 7.72. The average molecular weight is 238 g/mol. The van der Waals surface area contributed by atoms with Gasteiger partial charge in [0.15, 0.2) is 5.11 Å². The number of nitrogens with one attached hydrogen (secondary N) is 3. The van der Waals surface area contributed by atoms with E-state index in [0.29, 0.717) is 18.2 Å². The van der Waals surface area contributed by atoms with E-state index in [1.807, 2.05) is 4.90 Å². The molecule has 16 heavy (non-hydrogen) atoms. The summed E-state index contributed by atoms with van der Waals surface area (Å²) in [4.78, 5) is 13.4. The molecule has 1 aliphatic rings. The zero-order chi connectivity index (χ0) is 11.5. The Labute approximate surface area is 98.5 Å². The second-order valence-corrected chi connectivity index (χ2v) is 4.07. The van der Waals surface area contributed by atoms with Crippen LogP contribution in [0.4, 0.5) is 0 Å². The van der Waals surface area contributed by atoms with Gasteiger partial charge in [0.1, 0.15) is 0 Å². The van der Waals surface area contributed by atoms with Crippen molar-refractivity contribution in [3.63, 3.8) is 0 Å². The van der Waals surface area contributed by atoms with Crippen LogP contribution >= 0.6 is 12.2 Å². The average Bonchev–Trinajstić information content (AvgIpc) is 2.67. The molecule has 86 valence electrons. The molecule has 1 aromatic rings. The van der Waals surface area contributed by atoms with E-state index in [9.17, 15) is 4.79 Å². The van der Waals surface area contributed by atoms with Crippen LogP contribution < -0.4 is 10.9 Å². The molecule has 2 heterocycles. The van der Waals surface area contributed by atoms with Crippen LogP contribution in [0.25, 0.3) is 0 Å². The number of aromatic amines is 2. The summed E-state index contributed by atoms with van der Waals surface area (Å²) in [7, 11) is 0. The number of hydrogen-bond acceptors (Lipinski definition) is 2. The van der Waals surface area contributed by atoms with Crippen LogP contribution in [0.3, 0.4) is 0 Å². The number of fused-ring (bicyclic) bond motifs is 1. The lowest BCUT2D eigenvalue weighted by Crippen LogP contribution is -2.43. The van der Waals surface area contributed by atoms with Crippen molar-refractivity contribution >= 4 is 17.3 Å². The largest absolute Gasteiger partial charge is 0.359 e. The zero-order valence-corrected chi connectivity index (χ0v) is 9.69. The Morgan fingerprint density at radius 1 is 1.62 bits per heavy atom. The molecule has 0 aliphatic carbocycles. The van der Waals surface area contributed by atoms with Gasteiger partial charge >= 0.3 is 0 Å². The summed E-state index contributed by atoms with van der Waals surface area (Å²) >= 11 is 5.24. The van der Waals surface area contributed by atoms with Gasteiger partial charge in [0.2, 0.25) is 0 Å². The minimum Gasteiger partial charge on any atom is -0.359 e. The van der Waals surface area contributed by atoms with Gasteiger partial charge in [-0.15, -0.1) is 6.58 Å². The summed E-state index contributed by atoms with van der Waals surface area (Å²) in [5.41, 5.74) is 1.77. The van der Waals surface area contributed by atoms with Crippen LogP contribution in [0.1, 0.15) is 11.3 Å². The molecule has 2 rings (SSSR count). The highest BCUT2D eigenvalue weighted by Crippen LogP contribution is 2.12. The topological polar surface area (TPSA) is 63.9 Å². The van der Waals surface area contributed by atoms with Crippen LogP contribution in [0.2, 0.25) is 0 Å². The lowest BCUT2D eigenvalue weighted by molar-refractivity contribution is 0.383. The molecule has 0 atom stereocenters. The first-order valence-electron chi connectivity index (χ1n) is 5.14. The molecular weight excluding hydrogens is 224 g/mol. The number of thiocarbonyl (C=S) groups is 1. The van der Waals surface area contributed by atoms with Crippen LogP contribution in [0.5, 0.6) is 0 Å². The van der Waals surface area contributed by atoms with Gasteiger partial charge in [0.25, 0.3) is 5.56 Å². The molecule has 0 saturated heterocycles. The van der Waals surface area contributed by atoms with E-state index < -0.39 is 0 Å². The highest BCUT2D eigenvalue weighted by Gasteiger charge is 2.21. The van der Waals surface area contributed by atoms with Crippen LogP contribution in [-0.4, -0.2) is 33.3 Å². The van der Waals surface area contributed by atoms with E-state index in [1.54, 1.807) is 6.08 Å². The predicted octanol–water partition coefficient (Wildman–Crippen LogP) is 0.122. The van der Waals surface area contributed by atoms with Crippen molar-refractivity contribution in [1.82, 2.24) is 20.4 Å². The van der Waals surface area contributed by atoms with Gasteiger partial charge in [0, 0.05) is 18.7 Å². The Morgan fingerprint density at radius 2 is 2.44 bits per heavy atom. The number of H-pyrrole nitrogens is 2. The second kappa shape index (κ2) is 4.52. The molecule has 0 amide bonds. The van der Waals surface area contributed by atoms with Crippen molar-refractivity contribution in [2.75, 3.05) is 13.1 Å². The van der Waals surface area contributed by atoms with E-state index in [-0.39, 0.29) is 5.56 Å². The van der Waals surface area contributed by atoms with E-state index in [1.165, 1.54) is 0 Å². The summed E-state index contributed by atoms with van der Waals surface area (Å²) in [6, 6.07) is 0. The van der Waals surface area contributed by atoms with Gasteiger partial charge in [0.05, 0.1) is 12.2 Å². The molecule has 1 aliphatic heterocycles. The van der Waals surface area contributed by atoms with E-state index in [4.69, 9.17) is 12.2 Å². The normalized spacial score (nSPS) is 14.4. The van der Waals surface area contributed by atoms with E-state index >= 15 is 0 Å². The van der Waals surface area contributed by atoms with Gasteiger partial charge < -0.3 is 15.3 Å². The lowest BCUT2D eigenvalue weighted by atomic mass is 10.1. The second-order valence-electron chi connectivity index (χ2n) is 3.68. The molecule has 6 heteroatoms. The monoisotopic (exact) mass is 238 g/mol. The van der Waals surface area contributed by atoms with Crippen molar-refractivity contribution in [2.45, 2.75) is 13.0 Å². The lowest BCUT2D eigenvalue weighted by Gasteiger charge is -2.28. The molecule has 0 unspecified atom stereocenters. The molecular formula is C10H14N4OS. The van der Waals surface area contributed by atoms with Crippen molar-refractivity contribution in [3.05, 3.63) is 34.3 Å². The van der Waals surface area contributed by atoms with Gasteiger partial charge in [-0.1, -0.05) is 6.08 Å². The maximum absolute atomic E-state index is 11.3. The van der Waals surface area contributed by atoms with Gasteiger partial charge in [-0.2, -0.15) is 0 Å². The molecule has 3 N–H and O–H groups in total. The van der Waals surface area contributed by atoms with Crippen molar-refractivity contribution in [3.8, 4) is 0 Å². The summed E-state index contributed by atoms with van der Waals surface area (Å²) in [5.74, 6) is 0. The number of aromatic nitrogens is 2. The summed E-state index contributed by atoms with van der Waals surface area (Å²) in [6.07, 6.45) is 2.49. The molecule has 0 saturated carbocycles. The molecule has 0 aromatic carbocycles. The van der Waals surface area contributed by atoms with Crippen LogP contribution in [0, 0.1) is 0 Å². The zero-order valence-electron chi connectivity index (χ0n) is 8.88. The smallest absolute Gasteiger partial charge is 0.267 e. The Balaban J connectivity index is 2.05. The quantitative estimate of drug-likeness (QED) is 0.506. The van der Waals surface area contributed by atoms with E-state index in [2.05, 4.69) is 22.1 Å². The highest BCUT2D eigenvalue weighted by molar-refractivity contribution is 7.80. The molecule has 5 nitrogen and oxygen atoms in total. The third kappa shape index (κ3) is 2.01. The maximum Gasteiger partial charge on any atom is 0.267 e. The standard InChI is InChI=1S/C10H14N4OS/c1-2-4-11-10(16)14-5-3-7-8(6-14)12-13-9(7)15/h2H,1,3-6H2,(H,11,16)(H2,12,13,15). The molecule has 0 radical (unpaired) electrons. The number of hydrogen-bond donors (Lipinski definition) is 3. The minimum atomic E-state index is -0.0142. The third-order valence-electron chi connectivity index (χ3n) is 2.63. The summed E-state index contributed by atoms with van der Waals surface area (Å²) < 4.78 is 0. The van der Waals surface area contributed by atoms with Crippen LogP contribution in [0.15, 0.2) is 17.4 Å². The number of rotatable bonds is 2. The fourth-order valence-electron chi connectivity index (χ4n) is 1.78. The number of nitrogens with zero attached hydrogens (tertiary/aromatic N) is 1. The molecule has 0 fully saturated rings. The first-order valence-corrected chi connectivity index (χ1v) is 5.55. The SMILES string of the molecule is C=CCNC(=S)N1CCc2c([nH][nH]c2=O)C1. The highest BCUT2D eigenvalue weighted by atomic mass is 32.1. The van der Waals surface area contributed by atoms with E-state index in [0.717, 1.165) is 24.2 Å². The van der Waals surface area contributed by atoms with Crippen molar-refractivity contribution in [2.24, 2.45) is 0 Å². The Morgan fingerprint density at radius 3 is 3.19 bits per heavy atom. The fraction of sp³-hybridized carbons (Fsp3) is 0.400. The Bertz CT molecular complexity index is 462. The minimum absolute atomic E-state index is 0.0142.